The minimum atomic E-state index is 0. The minimum Gasteiger partial charge on any atom is -1.00 e. The van der Waals surface area contributed by atoms with E-state index < -0.39 is 0 Å². The number of hydrogen-bond donors (Lipinski definition) is 0. The molecule has 0 amide bonds. The third kappa shape index (κ3) is 19.0. The van der Waals surface area contributed by atoms with Gasteiger partial charge in [-0.15, -0.1) is 19.8 Å². The maximum absolute atomic E-state index is 3.05. The Kier molecular flexibility index (Phi) is 20.7. The van der Waals surface area contributed by atoms with E-state index in [1.165, 1.54) is 11.1 Å². The van der Waals surface area contributed by atoms with Crippen LogP contribution in [-0.2, 0) is 23.3 Å². The van der Waals surface area contributed by atoms with Crippen molar-refractivity contribution in [1.82, 2.24) is 0 Å². The van der Waals surface area contributed by atoms with Gasteiger partial charge in [0.05, 0.1) is 0 Å². The average Bonchev–Trinajstić information content (AvgIpc) is 2.78. The summed E-state index contributed by atoms with van der Waals surface area (Å²) in [7, 11) is 0. The molecular weight excluding hydrogens is 358 g/mol. The fourth-order valence-electron chi connectivity index (χ4n) is 0.979. The van der Waals surface area contributed by atoms with Crippen LogP contribution in [0.3, 0.4) is 0 Å². The van der Waals surface area contributed by atoms with Crippen molar-refractivity contribution in [2.75, 3.05) is 0 Å². The predicted octanol–water partition coefficient (Wildman–Crippen LogP) is -1.82. The Morgan fingerprint density at radius 2 is 1.72 bits per heavy atom. The number of hydrogen-bond acceptors (Lipinski definition) is 0. The summed E-state index contributed by atoms with van der Waals surface area (Å²) in [6.07, 6.45) is 16.4. The molecular formula is C14H20Cl2SiZr-2. The standard InChI is InChI=1S/2C6H7.C2H6Si.2ClH.Zr/c2*1-6-4-2-3-5-6;1-3-2;;;/h4-5H,2H2,1H3;2,4H,5H2,1H3;1-2H3;2*1H;/q2*-1;;;;+2/p-2. The molecule has 0 radical (unpaired) electrons. The predicted molar refractivity (Wildman–Crippen MR) is 69.9 cm³/mol. The van der Waals surface area contributed by atoms with Crippen LogP contribution < -0.4 is 24.8 Å². The summed E-state index contributed by atoms with van der Waals surface area (Å²) in [6, 6.07) is 0. The van der Waals surface area contributed by atoms with Gasteiger partial charge in [0.1, 0.15) is 0 Å². The summed E-state index contributed by atoms with van der Waals surface area (Å²) < 4.78 is 0. The van der Waals surface area contributed by atoms with Crippen molar-refractivity contribution < 1.29 is 48.1 Å². The van der Waals surface area contributed by atoms with E-state index in [0.717, 1.165) is 12.8 Å². The van der Waals surface area contributed by atoms with Crippen LogP contribution in [0.5, 0.6) is 0 Å². The van der Waals surface area contributed by atoms with E-state index in [0.29, 0.717) is 0 Å². The molecule has 0 aromatic rings. The molecule has 0 unspecified atom stereocenters. The summed E-state index contributed by atoms with van der Waals surface area (Å²) >= 11 is 1.74. The second-order valence-electron chi connectivity index (χ2n) is 4.06. The summed E-state index contributed by atoms with van der Waals surface area (Å²) in [5.74, 6) is 0. The molecule has 0 aromatic carbocycles. The number of allylic oxidation sites excluding steroid dienone is 8. The zero-order chi connectivity index (χ0) is 12.4. The van der Waals surface area contributed by atoms with Crippen molar-refractivity contribution >= 4 is 5.43 Å². The Hall–Kier alpha value is 0.640. The molecule has 100 valence electrons. The minimum absolute atomic E-state index is 0. The largest absolute Gasteiger partial charge is 1.00 e. The molecule has 0 N–H and O–H groups in total. The average molecular weight is 379 g/mol. The van der Waals surface area contributed by atoms with Crippen LogP contribution in [0.15, 0.2) is 35.5 Å². The van der Waals surface area contributed by atoms with Crippen molar-refractivity contribution in [3.8, 4) is 0 Å². The van der Waals surface area contributed by atoms with Crippen LogP contribution in [0.2, 0.25) is 13.1 Å². The van der Waals surface area contributed by atoms with Crippen molar-refractivity contribution in [2.24, 2.45) is 0 Å². The number of rotatable bonds is 0. The molecule has 4 heteroatoms. The molecule has 0 bridgehead atoms. The molecule has 18 heavy (non-hydrogen) atoms. The van der Waals surface area contributed by atoms with Gasteiger partial charge in [-0.25, -0.2) is 23.8 Å². The van der Waals surface area contributed by atoms with E-state index in [1.807, 2.05) is 12.2 Å². The normalized spacial score (nSPS) is 13.9. The van der Waals surface area contributed by atoms with Gasteiger partial charge < -0.3 is 24.8 Å². The first kappa shape index (κ1) is 23.7. The fourth-order valence-corrected chi connectivity index (χ4v) is 0.979. The Bertz CT molecular complexity index is 335. The van der Waals surface area contributed by atoms with E-state index in [-0.39, 0.29) is 30.2 Å². The second kappa shape index (κ2) is 15.7. The molecule has 0 saturated carbocycles. The molecule has 0 nitrogen and oxygen atoms in total. The van der Waals surface area contributed by atoms with Gasteiger partial charge in [0.15, 0.2) is 0 Å². The molecule has 0 atom stereocenters. The van der Waals surface area contributed by atoms with Crippen molar-refractivity contribution in [1.29, 1.82) is 0 Å². The van der Waals surface area contributed by atoms with Crippen molar-refractivity contribution in [3.05, 3.63) is 47.6 Å². The fraction of sp³-hybridized carbons (Fsp3) is 0.429. The van der Waals surface area contributed by atoms with Gasteiger partial charge in [-0.1, -0.05) is 6.92 Å². The topological polar surface area (TPSA) is 0 Å². The van der Waals surface area contributed by atoms with Crippen molar-refractivity contribution in [2.45, 2.75) is 39.8 Å². The summed E-state index contributed by atoms with van der Waals surface area (Å²) in [5, 5.41) is 0. The smallest absolute Gasteiger partial charge is 1.00 e. The Morgan fingerprint density at radius 1 is 1.17 bits per heavy atom. The van der Waals surface area contributed by atoms with E-state index >= 15 is 0 Å². The molecule has 0 aliphatic heterocycles. The summed E-state index contributed by atoms with van der Waals surface area (Å²) in [6.45, 7) is 8.81. The van der Waals surface area contributed by atoms with Crippen molar-refractivity contribution in [3.63, 3.8) is 0 Å². The quantitative estimate of drug-likeness (QED) is 0.344. The van der Waals surface area contributed by atoms with Crippen LogP contribution in [-0.4, -0.2) is 5.43 Å². The van der Waals surface area contributed by atoms with Gasteiger partial charge >= 0.3 is 41.9 Å². The molecule has 2 aliphatic carbocycles. The maximum atomic E-state index is 3.05. The van der Waals surface area contributed by atoms with Gasteiger partial charge in [-0.3, -0.25) is 12.2 Å². The molecule has 0 spiro atoms. The van der Waals surface area contributed by atoms with E-state index in [4.69, 9.17) is 0 Å². The third-order valence-corrected chi connectivity index (χ3v) is 1.74. The molecule has 0 heterocycles. The van der Waals surface area contributed by atoms with E-state index in [9.17, 15) is 0 Å². The van der Waals surface area contributed by atoms with Gasteiger partial charge in [0.2, 0.25) is 0 Å². The van der Waals surface area contributed by atoms with E-state index in [1.54, 1.807) is 23.3 Å². The Balaban J connectivity index is -0.000000182. The molecule has 2 aliphatic rings. The first-order valence-electron chi connectivity index (χ1n) is 5.50. The van der Waals surface area contributed by atoms with Gasteiger partial charge in [0.25, 0.3) is 0 Å². The van der Waals surface area contributed by atoms with Crippen LogP contribution in [0, 0.1) is 12.2 Å². The molecule has 0 aromatic heterocycles. The van der Waals surface area contributed by atoms with E-state index in [2.05, 4.69) is 51.2 Å². The van der Waals surface area contributed by atoms with Crippen LogP contribution >= 0.6 is 0 Å². The van der Waals surface area contributed by atoms with Crippen LogP contribution in [0.25, 0.3) is 0 Å². The summed E-state index contributed by atoms with van der Waals surface area (Å²) in [5.41, 5.74) is 2.97. The second-order valence-corrected chi connectivity index (χ2v) is 13.4. The number of halogens is 2. The molecule has 0 saturated heterocycles. The van der Waals surface area contributed by atoms with Gasteiger partial charge in [-0.2, -0.15) is 11.6 Å². The molecule has 0 fully saturated rings. The van der Waals surface area contributed by atoms with Gasteiger partial charge in [-0.05, 0) is 0 Å². The Labute approximate surface area is 140 Å². The van der Waals surface area contributed by atoms with Crippen LogP contribution in [0.1, 0.15) is 26.7 Å². The summed E-state index contributed by atoms with van der Waals surface area (Å²) in [4.78, 5) is 0. The zero-order valence-corrected chi connectivity index (χ0v) is 16.4. The SMILES string of the molecule is CC1=CC=[C-]C1.CC1=CC[C-]=C1.C[Si](C)=[Zr+2].[Cl-].[Cl-]. The zero-order valence-electron chi connectivity index (χ0n) is 11.5. The first-order valence-corrected chi connectivity index (χ1v) is 11.7. The van der Waals surface area contributed by atoms with Gasteiger partial charge in [0, 0.05) is 0 Å². The van der Waals surface area contributed by atoms with Crippen LogP contribution in [0.4, 0.5) is 0 Å². The monoisotopic (exact) mass is 376 g/mol. The third-order valence-electron chi connectivity index (χ3n) is 1.74. The Morgan fingerprint density at radius 3 is 1.83 bits per heavy atom. The first-order chi connectivity index (χ1) is 7.52. The molecule has 2 rings (SSSR count). The maximum Gasteiger partial charge on any atom is -1.00 e.